The Morgan fingerprint density at radius 2 is 2.06 bits per heavy atom. The monoisotopic (exact) mass is 285 g/mol. The van der Waals surface area contributed by atoms with Crippen molar-refractivity contribution in [2.24, 2.45) is 0 Å². The van der Waals surface area contributed by atoms with E-state index in [0.717, 1.165) is 32.2 Å². The van der Waals surface area contributed by atoms with Gasteiger partial charge in [0.25, 0.3) is 0 Å². The lowest BCUT2D eigenvalue weighted by molar-refractivity contribution is -0.0329. The first kappa shape index (κ1) is 16.1. The highest BCUT2D eigenvalue weighted by Gasteiger charge is 2.29. The number of alkyl halides is 3. The van der Waals surface area contributed by atoms with E-state index >= 15 is 0 Å². The molecule has 108 valence electrons. The number of likely N-dealkylation sites (tertiary alicyclic amines) is 1. The van der Waals surface area contributed by atoms with Crippen molar-refractivity contribution in [1.29, 1.82) is 0 Å². The first-order valence-electron chi connectivity index (χ1n) is 6.51. The van der Waals surface area contributed by atoms with E-state index < -0.39 is 5.51 Å². The number of hydrogen-bond acceptors (Lipinski definition) is 3. The average molecular weight is 285 g/mol. The molecule has 0 radical (unpaired) electrons. The lowest BCUT2D eigenvalue weighted by Gasteiger charge is -2.30. The largest absolute Gasteiger partial charge is 0.441 e. The second-order valence-electron chi connectivity index (χ2n) is 4.92. The van der Waals surface area contributed by atoms with Crippen LogP contribution in [0.15, 0.2) is 0 Å². The molecule has 1 heterocycles. The molecule has 6 heteroatoms. The first-order chi connectivity index (χ1) is 8.38. The minimum atomic E-state index is -4.13. The van der Waals surface area contributed by atoms with E-state index in [4.69, 9.17) is 0 Å². The zero-order valence-corrected chi connectivity index (χ0v) is 11.6. The molecule has 2 atom stereocenters. The van der Waals surface area contributed by atoms with Crippen LogP contribution >= 0.6 is 11.8 Å². The highest BCUT2D eigenvalue weighted by atomic mass is 32.2. The molecule has 0 aromatic carbocycles. The molecule has 1 fully saturated rings. The van der Waals surface area contributed by atoms with Gasteiger partial charge in [-0.3, -0.25) is 4.90 Å². The van der Waals surface area contributed by atoms with Gasteiger partial charge in [-0.1, -0.05) is 12.8 Å². The molecule has 1 rings (SSSR count). The van der Waals surface area contributed by atoms with E-state index in [-0.39, 0.29) is 29.7 Å². The molecule has 1 N–H and O–H groups in total. The highest BCUT2D eigenvalue weighted by Crippen LogP contribution is 2.30. The molecule has 1 aliphatic heterocycles. The highest BCUT2D eigenvalue weighted by molar-refractivity contribution is 8.00. The molecule has 2 nitrogen and oxygen atoms in total. The van der Waals surface area contributed by atoms with Crippen molar-refractivity contribution < 1.29 is 18.3 Å². The van der Waals surface area contributed by atoms with Crippen LogP contribution < -0.4 is 0 Å². The fourth-order valence-electron chi connectivity index (χ4n) is 2.47. The van der Waals surface area contributed by atoms with Gasteiger partial charge in [0.2, 0.25) is 0 Å². The van der Waals surface area contributed by atoms with Gasteiger partial charge >= 0.3 is 5.51 Å². The Kier molecular flexibility index (Phi) is 6.81. The minimum Gasteiger partial charge on any atom is -0.393 e. The van der Waals surface area contributed by atoms with E-state index in [9.17, 15) is 18.3 Å². The Labute approximate surface area is 111 Å². The summed E-state index contributed by atoms with van der Waals surface area (Å²) >= 11 is 0.0508. The number of aliphatic hydroxyl groups excluding tert-OH is 1. The molecule has 1 saturated heterocycles. The number of thioether (sulfide) groups is 1. The molecule has 0 amide bonds. The number of aliphatic hydroxyl groups is 1. The van der Waals surface area contributed by atoms with Crippen molar-refractivity contribution in [3.8, 4) is 0 Å². The van der Waals surface area contributed by atoms with E-state index in [1.165, 1.54) is 0 Å². The predicted octanol–water partition coefficient (Wildman–Crippen LogP) is 3.25. The zero-order chi connectivity index (χ0) is 13.6. The molecular formula is C12H22F3NOS. The SMILES string of the molecule is CC(O)CC1CCCCCN1CCSC(F)(F)F. The van der Waals surface area contributed by atoms with Gasteiger partial charge in [0.15, 0.2) is 0 Å². The Morgan fingerprint density at radius 3 is 2.67 bits per heavy atom. The standard InChI is InChI=1S/C12H22F3NOS/c1-10(17)9-11-5-3-2-4-6-16(11)7-8-18-12(13,14)15/h10-11,17H,2-9H2,1H3. The summed E-state index contributed by atoms with van der Waals surface area (Å²) < 4.78 is 36.3. The second-order valence-corrected chi connectivity index (χ2v) is 6.08. The fourth-order valence-corrected chi connectivity index (χ4v) is 3.03. The molecule has 0 aliphatic carbocycles. The van der Waals surface area contributed by atoms with Gasteiger partial charge in [0, 0.05) is 18.3 Å². The number of rotatable bonds is 5. The van der Waals surface area contributed by atoms with Crippen LogP contribution in [0.25, 0.3) is 0 Å². The summed E-state index contributed by atoms with van der Waals surface area (Å²) in [5.74, 6) is 0.0831. The van der Waals surface area contributed by atoms with E-state index in [2.05, 4.69) is 4.90 Å². The molecule has 18 heavy (non-hydrogen) atoms. The van der Waals surface area contributed by atoms with Crippen molar-refractivity contribution in [3.05, 3.63) is 0 Å². The summed E-state index contributed by atoms with van der Waals surface area (Å²) in [4.78, 5) is 2.12. The van der Waals surface area contributed by atoms with Gasteiger partial charge in [0.05, 0.1) is 6.10 Å². The molecule has 0 aromatic rings. The molecule has 1 aliphatic rings. The third-order valence-corrected chi connectivity index (χ3v) is 3.97. The summed E-state index contributed by atoms with van der Waals surface area (Å²) in [5.41, 5.74) is -4.13. The Hall–Kier alpha value is 0.0600. The van der Waals surface area contributed by atoms with E-state index in [0.29, 0.717) is 13.0 Å². The lowest BCUT2D eigenvalue weighted by Crippen LogP contribution is -2.38. The average Bonchev–Trinajstić information content (AvgIpc) is 2.42. The van der Waals surface area contributed by atoms with Gasteiger partial charge < -0.3 is 5.11 Å². The lowest BCUT2D eigenvalue weighted by atomic mass is 10.0. The van der Waals surface area contributed by atoms with Crippen LogP contribution in [0, 0.1) is 0 Å². The Morgan fingerprint density at radius 1 is 1.33 bits per heavy atom. The third kappa shape index (κ3) is 6.85. The molecule has 0 spiro atoms. The Bertz CT molecular complexity index is 236. The van der Waals surface area contributed by atoms with Gasteiger partial charge in [-0.2, -0.15) is 13.2 Å². The van der Waals surface area contributed by atoms with Crippen LogP contribution in [-0.4, -0.2) is 46.5 Å². The topological polar surface area (TPSA) is 23.5 Å². The van der Waals surface area contributed by atoms with Crippen molar-refractivity contribution in [2.45, 2.75) is 56.7 Å². The summed E-state index contributed by atoms with van der Waals surface area (Å²) in [6, 6.07) is 0.237. The second kappa shape index (κ2) is 7.60. The molecular weight excluding hydrogens is 263 g/mol. The van der Waals surface area contributed by atoms with Gasteiger partial charge in [0.1, 0.15) is 0 Å². The molecule has 0 saturated carbocycles. The molecule has 2 unspecified atom stereocenters. The number of hydrogen-bond donors (Lipinski definition) is 1. The normalized spacial score (nSPS) is 24.8. The number of halogens is 3. The van der Waals surface area contributed by atoms with Gasteiger partial charge in [-0.05, 0) is 44.5 Å². The first-order valence-corrected chi connectivity index (χ1v) is 7.50. The smallest absolute Gasteiger partial charge is 0.393 e. The van der Waals surface area contributed by atoms with Crippen LogP contribution in [0.2, 0.25) is 0 Å². The van der Waals surface area contributed by atoms with Crippen LogP contribution in [0.5, 0.6) is 0 Å². The molecule has 0 bridgehead atoms. The predicted molar refractivity (Wildman–Crippen MR) is 68.6 cm³/mol. The summed E-state index contributed by atoms with van der Waals surface area (Å²) in [7, 11) is 0. The van der Waals surface area contributed by atoms with Gasteiger partial charge in [-0.25, -0.2) is 0 Å². The minimum absolute atomic E-state index is 0.0508. The van der Waals surface area contributed by atoms with E-state index in [1.807, 2.05) is 0 Å². The summed E-state index contributed by atoms with van der Waals surface area (Å²) in [6.45, 7) is 3.06. The quantitative estimate of drug-likeness (QED) is 0.838. The van der Waals surface area contributed by atoms with Crippen LogP contribution in [0.1, 0.15) is 39.0 Å². The number of nitrogens with zero attached hydrogens (tertiary/aromatic N) is 1. The Balaban J connectivity index is 2.41. The fraction of sp³-hybridized carbons (Fsp3) is 1.00. The van der Waals surface area contributed by atoms with Crippen molar-refractivity contribution in [3.63, 3.8) is 0 Å². The van der Waals surface area contributed by atoms with Crippen molar-refractivity contribution in [1.82, 2.24) is 4.90 Å². The third-order valence-electron chi connectivity index (χ3n) is 3.26. The van der Waals surface area contributed by atoms with Crippen LogP contribution in [-0.2, 0) is 0 Å². The van der Waals surface area contributed by atoms with Crippen molar-refractivity contribution in [2.75, 3.05) is 18.8 Å². The van der Waals surface area contributed by atoms with Crippen LogP contribution in [0.4, 0.5) is 13.2 Å². The maximum atomic E-state index is 12.1. The summed E-state index contributed by atoms with van der Waals surface area (Å²) in [5, 5.41) is 9.46. The van der Waals surface area contributed by atoms with Crippen molar-refractivity contribution >= 4 is 11.8 Å². The zero-order valence-electron chi connectivity index (χ0n) is 10.7. The van der Waals surface area contributed by atoms with E-state index in [1.54, 1.807) is 6.92 Å². The maximum absolute atomic E-state index is 12.1. The molecule has 0 aromatic heterocycles. The summed E-state index contributed by atoms with van der Waals surface area (Å²) in [6.07, 6.45) is 4.57. The van der Waals surface area contributed by atoms with Gasteiger partial charge in [-0.15, -0.1) is 0 Å². The maximum Gasteiger partial charge on any atom is 0.441 e. The van der Waals surface area contributed by atoms with Crippen LogP contribution in [0.3, 0.4) is 0 Å².